The van der Waals surface area contributed by atoms with E-state index < -0.39 is 11.0 Å². The zero-order valence-corrected chi connectivity index (χ0v) is 16.6. The third-order valence-electron chi connectivity index (χ3n) is 3.43. The molecule has 2 rings (SSSR count). The summed E-state index contributed by atoms with van der Waals surface area (Å²) in [4.78, 5) is 11.8. The van der Waals surface area contributed by atoms with Gasteiger partial charge in [-0.25, -0.2) is 4.21 Å². The quantitative estimate of drug-likeness (QED) is 0.612. The molecular formula is C18H20Cl2N2O3S. The number of rotatable bonds is 9. The van der Waals surface area contributed by atoms with Crippen LogP contribution in [0.3, 0.4) is 0 Å². The first kappa shape index (κ1) is 20.6. The molecule has 0 fully saturated rings. The number of aryl methyl sites for hydroxylation is 1. The predicted octanol–water partition coefficient (Wildman–Crippen LogP) is 3.83. The summed E-state index contributed by atoms with van der Waals surface area (Å²) in [5, 5.41) is 3.88. The van der Waals surface area contributed by atoms with Crippen molar-refractivity contribution in [2.45, 2.75) is 12.8 Å². The molecule has 0 radical (unpaired) electrons. The van der Waals surface area contributed by atoms with Crippen molar-refractivity contribution in [3.05, 3.63) is 58.1 Å². The van der Waals surface area contributed by atoms with Gasteiger partial charge in [-0.15, -0.1) is 0 Å². The van der Waals surface area contributed by atoms with E-state index in [9.17, 15) is 9.00 Å². The molecule has 0 aliphatic heterocycles. The van der Waals surface area contributed by atoms with Crippen LogP contribution in [0.5, 0.6) is 5.75 Å². The molecule has 2 aromatic carbocycles. The second-order valence-electron chi connectivity index (χ2n) is 5.57. The summed E-state index contributed by atoms with van der Waals surface area (Å²) in [5.41, 5.74) is 1.80. The summed E-state index contributed by atoms with van der Waals surface area (Å²) < 4.78 is 19.3. The molecule has 2 aromatic rings. The predicted molar refractivity (Wildman–Crippen MR) is 107 cm³/mol. The highest BCUT2D eigenvalue weighted by atomic mass is 35.5. The molecule has 0 bridgehead atoms. The standard InChI is InChI=1S/C18H20Cl2N2O3S/c1-26(24)22-14-5-7-15(8-6-14)25-12-18(23)21-10-2-3-13-4-9-16(19)17(20)11-13/h4-9,11,22H,2-3,10,12H2,1H3,(H,21,23). The number of hydrogen-bond donors (Lipinski definition) is 2. The van der Waals surface area contributed by atoms with Gasteiger partial charge >= 0.3 is 0 Å². The maximum absolute atomic E-state index is 11.8. The first-order valence-corrected chi connectivity index (χ1v) is 10.3. The summed E-state index contributed by atoms with van der Waals surface area (Å²) >= 11 is 11.9. The Morgan fingerprint density at radius 3 is 2.50 bits per heavy atom. The van der Waals surface area contributed by atoms with Gasteiger partial charge in [0.05, 0.1) is 10.0 Å². The maximum atomic E-state index is 11.8. The number of anilines is 1. The van der Waals surface area contributed by atoms with Crippen molar-refractivity contribution in [3.63, 3.8) is 0 Å². The van der Waals surface area contributed by atoms with E-state index in [2.05, 4.69) is 10.0 Å². The topological polar surface area (TPSA) is 67.4 Å². The normalized spacial score (nSPS) is 11.7. The molecule has 0 aliphatic rings. The first-order valence-electron chi connectivity index (χ1n) is 7.97. The Morgan fingerprint density at radius 1 is 1.12 bits per heavy atom. The van der Waals surface area contributed by atoms with Gasteiger partial charge in [-0.2, -0.15) is 0 Å². The van der Waals surface area contributed by atoms with Crippen molar-refractivity contribution in [2.24, 2.45) is 0 Å². The van der Waals surface area contributed by atoms with Gasteiger partial charge in [-0.3, -0.25) is 4.79 Å². The van der Waals surface area contributed by atoms with Gasteiger partial charge in [-0.1, -0.05) is 29.3 Å². The minimum absolute atomic E-state index is 0.0563. The van der Waals surface area contributed by atoms with E-state index in [4.69, 9.17) is 27.9 Å². The largest absolute Gasteiger partial charge is 0.484 e. The molecule has 0 saturated carbocycles. The number of hydrogen-bond acceptors (Lipinski definition) is 3. The van der Waals surface area contributed by atoms with Crippen LogP contribution in [0, 0.1) is 0 Å². The van der Waals surface area contributed by atoms with Crippen molar-refractivity contribution < 1.29 is 13.7 Å². The summed E-state index contributed by atoms with van der Waals surface area (Å²) in [5.74, 6) is 0.388. The van der Waals surface area contributed by atoms with E-state index in [-0.39, 0.29) is 12.5 Å². The molecular weight excluding hydrogens is 395 g/mol. The SMILES string of the molecule is CS(=O)Nc1ccc(OCC(=O)NCCCc2ccc(Cl)c(Cl)c2)cc1. The summed E-state index contributed by atoms with van der Waals surface area (Å²) in [6, 6.07) is 12.4. The Morgan fingerprint density at radius 2 is 1.85 bits per heavy atom. The number of benzene rings is 2. The molecule has 8 heteroatoms. The van der Waals surface area contributed by atoms with Crippen molar-refractivity contribution in [1.82, 2.24) is 5.32 Å². The zero-order chi connectivity index (χ0) is 18.9. The Labute approximate surface area is 165 Å². The molecule has 0 aliphatic carbocycles. The lowest BCUT2D eigenvalue weighted by Gasteiger charge is -2.09. The van der Waals surface area contributed by atoms with Crippen LogP contribution < -0.4 is 14.8 Å². The molecule has 1 atom stereocenters. The highest BCUT2D eigenvalue weighted by Gasteiger charge is 2.04. The highest BCUT2D eigenvalue weighted by Crippen LogP contribution is 2.23. The molecule has 0 heterocycles. The second-order valence-corrected chi connectivity index (χ2v) is 7.50. The summed E-state index contributed by atoms with van der Waals surface area (Å²) in [7, 11) is -1.12. The average molecular weight is 415 g/mol. The lowest BCUT2D eigenvalue weighted by molar-refractivity contribution is -0.123. The van der Waals surface area contributed by atoms with Crippen LogP contribution in [0.25, 0.3) is 0 Å². The molecule has 2 N–H and O–H groups in total. The molecule has 0 aromatic heterocycles. The fraction of sp³-hybridized carbons (Fsp3) is 0.278. The highest BCUT2D eigenvalue weighted by molar-refractivity contribution is 7.85. The first-order chi connectivity index (χ1) is 12.4. The number of halogens is 2. The van der Waals surface area contributed by atoms with Crippen LogP contribution in [0.4, 0.5) is 5.69 Å². The number of carbonyl (C=O) groups excluding carboxylic acids is 1. The van der Waals surface area contributed by atoms with E-state index in [0.29, 0.717) is 22.3 Å². The Balaban J connectivity index is 1.65. The van der Waals surface area contributed by atoms with Gasteiger partial charge in [-0.05, 0) is 54.8 Å². The van der Waals surface area contributed by atoms with Crippen LogP contribution in [0.2, 0.25) is 10.0 Å². The Hall–Kier alpha value is -1.76. The van der Waals surface area contributed by atoms with Crippen LogP contribution >= 0.6 is 23.2 Å². The van der Waals surface area contributed by atoms with Gasteiger partial charge in [0.1, 0.15) is 16.7 Å². The fourth-order valence-electron chi connectivity index (χ4n) is 2.20. The van der Waals surface area contributed by atoms with Crippen LogP contribution in [0.1, 0.15) is 12.0 Å². The summed E-state index contributed by atoms with van der Waals surface area (Å²) in [6.07, 6.45) is 3.14. The van der Waals surface area contributed by atoms with E-state index in [1.807, 2.05) is 12.1 Å². The van der Waals surface area contributed by atoms with Crippen LogP contribution in [-0.4, -0.2) is 29.5 Å². The third-order valence-corrected chi connectivity index (χ3v) is 4.70. The molecule has 140 valence electrons. The lowest BCUT2D eigenvalue weighted by Crippen LogP contribution is -2.29. The third kappa shape index (κ3) is 7.23. The van der Waals surface area contributed by atoms with Gasteiger partial charge < -0.3 is 14.8 Å². The molecule has 0 saturated heterocycles. The molecule has 26 heavy (non-hydrogen) atoms. The van der Waals surface area contributed by atoms with Crippen molar-refractivity contribution in [1.29, 1.82) is 0 Å². The average Bonchev–Trinajstić information content (AvgIpc) is 2.60. The number of nitrogens with one attached hydrogen (secondary N) is 2. The molecule has 1 amide bonds. The number of carbonyl (C=O) groups is 1. The van der Waals surface area contributed by atoms with Gasteiger partial charge in [0.25, 0.3) is 5.91 Å². The van der Waals surface area contributed by atoms with Gasteiger partial charge in [0.2, 0.25) is 0 Å². The monoisotopic (exact) mass is 414 g/mol. The van der Waals surface area contributed by atoms with Crippen molar-refractivity contribution in [3.8, 4) is 5.75 Å². The second kappa shape index (κ2) is 10.4. The Kier molecular flexibility index (Phi) is 8.22. The van der Waals surface area contributed by atoms with E-state index in [0.717, 1.165) is 24.1 Å². The van der Waals surface area contributed by atoms with Gasteiger partial charge in [0, 0.05) is 18.5 Å². The number of amides is 1. The maximum Gasteiger partial charge on any atom is 0.257 e. The lowest BCUT2D eigenvalue weighted by atomic mass is 10.1. The molecule has 0 spiro atoms. The minimum Gasteiger partial charge on any atom is -0.484 e. The van der Waals surface area contributed by atoms with E-state index in [1.54, 1.807) is 36.6 Å². The Bertz CT molecular complexity index is 770. The number of ether oxygens (including phenoxy) is 1. The zero-order valence-electron chi connectivity index (χ0n) is 14.3. The van der Waals surface area contributed by atoms with Gasteiger partial charge in [0.15, 0.2) is 6.61 Å². The van der Waals surface area contributed by atoms with Crippen molar-refractivity contribution in [2.75, 3.05) is 24.1 Å². The van der Waals surface area contributed by atoms with Crippen molar-refractivity contribution >= 4 is 45.8 Å². The minimum atomic E-state index is -1.12. The van der Waals surface area contributed by atoms with Crippen LogP contribution in [-0.2, 0) is 22.2 Å². The molecule has 5 nitrogen and oxygen atoms in total. The molecule has 1 unspecified atom stereocenters. The summed E-state index contributed by atoms with van der Waals surface area (Å²) in [6.45, 7) is 0.493. The van der Waals surface area contributed by atoms with Crippen LogP contribution in [0.15, 0.2) is 42.5 Å². The van der Waals surface area contributed by atoms with E-state index in [1.165, 1.54) is 0 Å². The smallest absolute Gasteiger partial charge is 0.257 e. The van der Waals surface area contributed by atoms with E-state index >= 15 is 0 Å². The fourth-order valence-corrected chi connectivity index (χ4v) is 2.99.